The summed E-state index contributed by atoms with van der Waals surface area (Å²) < 4.78 is 32.2. The Balaban J connectivity index is 2.76. The normalized spacial score (nSPS) is 13.1. The van der Waals surface area contributed by atoms with E-state index in [4.69, 9.17) is 27.9 Å². The summed E-state index contributed by atoms with van der Waals surface area (Å²) in [5.41, 5.74) is 0. The first-order chi connectivity index (χ1) is 10.7. The van der Waals surface area contributed by atoms with Gasteiger partial charge in [-0.15, -0.1) is 11.3 Å². The third kappa shape index (κ3) is 6.84. The van der Waals surface area contributed by atoms with E-state index in [-0.39, 0.29) is 28.3 Å². The predicted molar refractivity (Wildman–Crippen MR) is 92.9 cm³/mol. The average molecular weight is 403 g/mol. The van der Waals surface area contributed by atoms with Crippen LogP contribution in [0.5, 0.6) is 0 Å². The Hall–Kier alpha value is -0.540. The first kappa shape index (κ1) is 20.5. The van der Waals surface area contributed by atoms with Crippen LogP contribution >= 0.6 is 34.5 Å². The van der Waals surface area contributed by atoms with Crippen LogP contribution in [0.4, 0.5) is 4.79 Å². The highest BCUT2D eigenvalue weighted by atomic mass is 35.5. The largest absolute Gasteiger partial charge is 0.450 e. The van der Waals surface area contributed by atoms with E-state index in [1.165, 1.54) is 6.07 Å². The van der Waals surface area contributed by atoms with Gasteiger partial charge >= 0.3 is 6.09 Å². The molecule has 10 heteroatoms. The standard InChI is InChI=1S/C13H20Cl2N2O4S2/c1-4-21-13(18)17-9(5-8(2)3)7-16-23(19,20)10-6-11(14)22-12(10)15/h6,8-9,16H,4-5,7H2,1-3H3,(H,17,18). The molecular formula is C13H20Cl2N2O4S2. The summed E-state index contributed by atoms with van der Waals surface area (Å²) in [5.74, 6) is 0.269. The lowest BCUT2D eigenvalue weighted by Crippen LogP contribution is -2.44. The van der Waals surface area contributed by atoms with E-state index in [1.807, 2.05) is 13.8 Å². The molecule has 0 radical (unpaired) electrons. The third-order valence-corrected chi connectivity index (χ3v) is 5.96. The van der Waals surface area contributed by atoms with E-state index in [1.54, 1.807) is 6.92 Å². The second-order valence-electron chi connectivity index (χ2n) is 5.23. The molecule has 6 nitrogen and oxygen atoms in total. The van der Waals surface area contributed by atoms with E-state index in [2.05, 4.69) is 10.0 Å². The van der Waals surface area contributed by atoms with Gasteiger partial charge in [0, 0.05) is 12.6 Å². The van der Waals surface area contributed by atoms with E-state index in [0.717, 1.165) is 11.3 Å². The summed E-state index contributed by atoms with van der Waals surface area (Å²) in [7, 11) is -3.80. The van der Waals surface area contributed by atoms with Crippen molar-refractivity contribution in [3.8, 4) is 0 Å². The Morgan fingerprint density at radius 3 is 2.52 bits per heavy atom. The number of nitrogens with one attached hydrogen (secondary N) is 2. The second kappa shape index (κ2) is 9.08. The molecule has 0 aliphatic carbocycles. The van der Waals surface area contributed by atoms with E-state index in [0.29, 0.717) is 10.8 Å². The SMILES string of the molecule is CCOC(=O)NC(CNS(=O)(=O)c1cc(Cl)sc1Cl)CC(C)C. The number of amides is 1. The molecule has 0 aliphatic heterocycles. The van der Waals surface area contributed by atoms with Gasteiger partial charge in [-0.05, 0) is 25.3 Å². The highest BCUT2D eigenvalue weighted by Gasteiger charge is 2.23. The molecule has 1 unspecified atom stereocenters. The molecule has 1 aromatic rings. The number of hydrogen-bond donors (Lipinski definition) is 2. The third-order valence-electron chi connectivity index (χ3n) is 2.79. The molecular weight excluding hydrogens is 383 g/mol. The number of ether oxygens (including phenoxy) is 1. The monoisotopic (exact) mass is 402 g/mol. The number of carbonyl (C=O) groups excluding carboxylic acids is 1. The van der Waals surface area contributed by atoms with Crippen LogP contribution in [-0.4, -0.2) is 33.7 Å². The number of sulfonamides is 1. The van der Waals surface area contributed by atoms with Gasteiger partial charge in [-0.3, -0.25) is 0 Å². The highest BCUT2D eigenvalue weighted by molar-refractivity contribution is 7.89. The Kier molecular flexibility index (Phi) is 8.09. The molecule has 132 valence electrons. The van der Waals surface area contributed by atoms with E-state index >= 15 is 0 Å². The van der Waals surface area contributed by atoms with Crippen LogP contribution in [0.3, 0.4) is 0 Å². The zero-order valence-electron chi connectivity index (χ0n) is 13.1. The lowest BCUT2D eigenvalue weighted by molar-refractivity contribution is 0.146. The van der Waals surface area contributed by atoms with Gasteiger partial charge in [-0.25, -0.2) is 17.9 Å². The summed E-state index contributed by atoms with van der Waals surface area (Å²) in [6.45, 7) is 5.92. The molecule has 1 aromatic heterocycles. The molecule has 23 heavy (non-hydrogen) atoms. The van der Waals surface area contributed by atoms with Crippen LogP contribution in [0, 0.1) is 5.92 Å². The zero-order chi connectivity index (χ0) is 17.6. The van der Waals surface area contributed by atoms with Crippen LogP contribution in [-0.2, 0) is 14.8 Å². The van der Waals surface area contributed by atoms with Crippen molar-refractivity contribution in [3.63, 3.8) is 0 Å². The molecule has 1 atom stereocenters. The van der Waals surface area contributed by atoms with Gasteiger partial charge in [0.2, 0.25) is 10.0 Å². The summed E-state index contributed by atoms with van der Waals surface area (Å²) in [5, 5.41) is 2.65. The Morgan fingerprint density at radius 1 is 1.39 bits per heavy atom. The summed E-state index contributed by atoms with van der Waals surface area (Å²) in [6, 6.07) is 0.907. The van der Waals surface area contributed by atoms with Crippen molar-refractivity contribution in [1.82, 2.24) is 10.0 Å². The second-order valence-corrected chi connectivity index (χ2v) is 9.25. The van der Waals surface area contributed by atoms with Crippen molar-refractivity contribution >= 4 is 50.7 Å². The maximum atomic E-state index is 12.3. The molecule has 0 aliphatic rings. The van der Waals surface area contributed by atoms with Crippen molar-refractivity contribution in [2.75, 3.05) is 13.2 Å². The molecule has 1 amide bonds. The predicted octanol–water partition coefficient (Wildman–Crippen LogP) is 3.49. The van der Waals surface area contributed by atoms with Gasteiger partial charge in [0.1, 0.15) is 9.23 Å². The zero-order valence-corrected chi connectivity index (χ0v) is 16.2. The minimum absolute atomic E-state index is 0.0309. The van der Waals surface area contributed by atoms with Gasteiger partial charge in [-0.1, -0.05) is 37.0 Å². The van der Waals surface area contributed by atoms with Gasteiger partial charge in [0.15, 0.2) is 0 Å². The topological polar surface area (TPSA) is 84.5 Å². The van der Waals surface area contributed by atoms with Gasteiger partial charge in [-0.2, -0.15) is 0 Å². The Bertz CT molecular complexity index is 632. The minimum atomic E-state index is -3.80. The maximum absolute atomic E-state index is 12.3. The quantitative estimate of drug-likeness (QED) is 0.696. The molecule has 0 spiro atoms. The summed E-state index contributed by atoms with van der Waals surface area (Å²) >= 11 is 12.6. The Morgan fingerprint density at radius 2 is 2.04 bits per heavy atom. The van der Waals surface area contributed by atoms with Crippen molar-refractivity contribution in [1.29, 1.82) is 0 Å². The number of halogens is 2. The van der Waals surface area contributed by atoms with Crippen molar-refractivity contribution < 1.29 is 17.9 Å². The van der Waals surface area contributed by atoms with Crippen LogP contribution < -0.4 is 10.0 Å². The van der Waals surface area contributed by atoms with E-state index < -0.39 is 22.2 Å². The summed E-state index contributed by atoms with van der Waals surface area (Å²) in [4.78, 5) is 11.5. The molecule has 0 saturated heterocycles. The molecule has 0 fully saturated rings. The lowest BCUT2D eigenvalue weighted by Gasteiger charge is -2.20. The van der Waals surface area contributed by atoms with Gasteiger partial charge in [0.05, 0.1) is 10.9 Å². The van der Waals surface area contributed by atoms with E-state index in [9.17, 15) is 13.2 Å². The lowest BCUT2D eigenvalue weighted by atomic mass is 10.0. The number of carbonyl (C=O) groups is 1. The fraction of sp³-hybridized carbons (Fsp3) is 0.615. The smallest absolute Gasteiger partial charge is 0.407 e. The number of alkyl carbamates (subject to hydrolysis) is 1. The van der Waals surface area contributed by atoms with Crippen LogP contribution in [0.15, 0.2) is 11.0 Å². The first-order valence-corrected chi connectivity index (χ1v) is 10.1. The molecule has 0 saturated carbocycles. The van der Waals surface area contributed by atoms with Crippen molar-refractivity contribution in [2.45, 2.75) is 38.1 Å². The molecule has 2 N–H and O–H groups in total. The first-order valence-electron chi connectivity index (χ1n) is 7.03. The minimum Gasteiger partial charge on any atom is -0.450 e. The van der Waals surface area contributed by atoms with Gasteiger partial charge < -0.3 is 10.1 Å². The highest BCUT2D eigenvalue weighted by Crippen LogP contribution is 2.34. The van der Waals surface area contributed by atoms with Crippen LogP contribution in [0.1, 0.15) is 27.2 Å². The van der Waals surface area contributed by atoms with Crippen molar-refractivity contribution in [3.05, 3.63) is 14.7 Å². The Labute approximate surface area is 150 Å². The maximum Gasteiger partial charge on any atom is 0.407 e. The average Bonchev–Trinajstić information content (AvgIpc) is 2.75. The van der Waals surface area contributed by atoms with Crippen molar-refractivity contribution in [2.24, 2.45) is 5.92 Å². The number of rotatable bonds is 8. The van der Waals surface area contributed by atoms with Crippen LogP contribution in [0.25, 0.3) is 0 Å². The number of hydrogen-bond acceptors (Lipinski definition) is 5. The molecule has 0 bridgehead atoms. The summed E-state index contributed by atoms with van der Waals surface area (Å²) in [6.07, 6.45) is 0.0216. The molecule has 1 heterocycles. The number of thiophene rings is 1. The fourth-order valence-electron chi connectivity index (χ4n) is 1.90. The van der Waals surface area contributed by atoms with Gasteiger partial charge in [0.25, 0.3) is 0 Å². The molecule has 0 aromatic carbocycles. The molecule has 1 rings (SSSR count). The fourth-order valence-corrected chi connectivity index (χ4v) is 5.13. The van der Waals surface area contributed by atoms with Crippen LogP contribution in [0.2, 0.25) is 8.67 Å².